The van der Waals surface area contributed by atoms with Gasteiger partial charge < -0.3 is 5.32 Å². The van der Waals surface area contributed by atoms with Crippen LogP contribution in [0.5, 0.6) is 0 Å². The van der Waals surface area contributed by atoms with Gasteiger partial charge in [0, 0.05) is 17.7 Å². The van der Waals surface area contributed by atoms with Crippen LogP contribution in [-0.2, 0) is 6.42 Å². The summed E-state index contributed by atoms with van der Waals surface area (Å²) >= 11 is 0. The van der Waals surface area contributed by atoms with Gasteiger partial charge in [0.1, 0.15) is 11.9 Å². The topological polar surface area (TPSA) is 53.1 Å². The van der Waals surface area contributed by atoms with Gasteiger partial charge >= 0.3 is 0 Å². The van der Waals surface area contributed by atoms with Crippen LogP contribution in [0.1, 0.15) is 27.8 Å². The molecule has 0 radical (unpaired) electrons. The van der Waals surface area contributed by atoms with E-state index < -0.39 is 0 Å². The molecular formula is C31H24N4. The average molecular weight is 453 g/mol. The Balaban J connectivity index is 1.65. The molecule has 6 rings (SSSR count). The summed E-state index contributed by atoms with van der Waals surface area (Å²) in [6.07, 6.45) is 0.714. The largest absolute Gasteiger partial charge is 0.341 e. The number of aryl methyl sites for hydroxylation is 1. The van der Waals surface area contributed by atoms with Crippen molar-refractivity contribution < 1.29 is 0 Å². The van der Waals surface area contributed by atoms with E-state index in [1.165, 1.54) is 21.9 Å². The molecule has 0 saturated carbocycles. The molecule has 0 aliphatic heterocycles. The Morgan fingerprint density at radius 2 is 1.60 bits per heavy atom. The van der Waals surface area contributed by atoms with Gasteiger partial charge in [0.15, 0.2) is 5.65 Å². The fourth-order valence-corrected chi connectivity index (χ4v) is 4.94. The monoisotopic (exact) mass is 452 g/mol. The number of pyridine rings is 1. The highest BCUT2D eigenvalue weighted by molar-refractivity contribution is 5.89. The number of rotatable bonds is 4. The first-order valence-electron chi connectivity index (χ1n) is 11.8. The van der Waals surface area contributed by atoms with Gasteiger partial charge in [-0.2, -0.15) is 5.26 Å². The summed E-state index contributed by atoms with van der Waals surface area (Å²) in [7, 11) is 0. The number of nitriles is 1. The number of hydrogen-bond acceptors (Lipinski definition) is 3. The van der Waals surface area contributed by atoms with Crippen LogP contribution in [-0.4, -0.2) is 9.38 Å². The van der Waals surface area contributed by atoms with Crippen LogP contribution in [0.25, 0.3) is 27.5 Å². The Morgan fingerprint density at radius 3 is 2.43 bits per heavy atom. The lowest BCUT2D eigenvalue weighted by Gasteiger charge is -2.20. The third kappa shape index (κ3) is 3.50. The third-order valence-electron chi connectivity index (χ3n) is 6.87. The molecule has 2 heterocycles. The minimum atomic E-state index is 0.619. The van der Waals surface area contributed by atoms with Crippen molar-refractivity contribution in [1.82, 2.24) is 9.38 Å². The summed E-state index contributed by atoms with van der Waals surface area (Å²) in [5, 5.41) is 16.3. The van der Waals surface area contributed by atoms with Crippen LogP contribution in [0.15, 0.2) is 91.0 Å². The second-order valence-corrected chi connectivity index (χ2v) is 8.99. The van der Waals surface area contributed by atoms with Gasteiger partial charge in [0.25, 0.3) is 0 Å². The smallest absolute Gasteiger partial charge is 0.157 e. The van der Waals surface area contributed by atoms with Crippen LogP contribution in [0.4, 0.5) is 11.5 Å². The minimum Gasteiger partial charge on any atom is -0.341 e. The Labute approximate surface area is 204 Å². The number of benzene rings is 4. The van der Waals surface area contributed by atoms with Crippen molar-refractivity contribution in [2.45, 2.75) is 20.3 Å². The normalized spacial score (nSPS) is 11.2. The van der Waals surface area contributed by atoms with Gasteiger partial charge in [-0.3, -0.25) is 4.40 Å². The molecule has 4 aromatic carbocycles. The summed E-state index contributed by atoms with van der Waals surface area (Å²) in [5.41, 5.74) is 8.69. The SMILES string of the molecule is Cc1ccccc1Cc1c(C)c(C#N)c2nc3ccccc3n2c1Nc1ccc2ccccc2c1. The lowest BCUT2D eigenvalue weighted by atomic mass is 9.95. The summed E-state index contributed by atoms with van der Waals surface area (Å²) in [4.78, 5) is 4.87. The van der Waals surface area contributed by atoms with Crippen molar-refractivity contribution in [3.05, 3.63) is 119 Å². The number of nitrogens with zero attached hydrogens (tertiary/aromatic N) is 3. The Bertz CT molecular complexity index is 1790. The summed E-state index contributed by atoms with van der Waals surface area (Å²) in [5.74, 6) is 0.948. The van der Waals surface area contributed by atoms with E-state index in [-0.39, 0.29) is 0 Å². The molecule has 0 saturated heterocycles. The van der Waals surface area contributed by atoms with Gasteiger partial charge in [-0.15, -0.1) is 0 Å². The Morgan fingerprint density at radius 1 is 0.857 bits per heavy atom. The fourth-order valence-electron chi connectivity index (χ4n) is 4.94. The van der Waals surface area contributed by atoms with Crippen molar-refractivity contribution in [2.75, 3.05) is 5.32 Å². The summed E-state index contributed by atoms with van der Waals surface area (Å²) in [6.45, 7) is 4.18. The quantitative estimate of drug-likeness (QED) is 0.302. The van der Waals surface area contributed by atoms with Crippen LogP contribution >= 0.6 is 0 Å². The molecule has 0 aliphatic rings. The molecule has 1 N–H and O–H groups in total. The van der Waals surface area contributed by atoms with Crippen molar-refractivity contribution in [3.8, 4) is 6.07 Å². The maximum atomic E-state index is 10.2. The van der Waals surface area contributed by atoms with Gasteiger partial charge in [-0.25, -0.2) is 4.98 Å². The molecule has 4 nitrogen and oxygen atoms in total. The second-order valence-electron chi connectivity index (χ2n) is 8.99. The number of imidazole rings is 1. The van der Waals surface area contributed by atoms with E-state index in [2.05, 4.69) is 95.5 Å². The van der Waals surface area contributed by atoms with Crippen LogP contribution in [0.2, 0.25) is 0 Å². The lowest BCUT2D eigenvalue weighted by molar-refractivity contribution is 1.07. The van der Waals surface area contributed by atoms with Crippen molar-refractivity contribution in [1.29, 1.82) is 5.26 Å². The first-order chi connectivity index (χ1) is 17.1. The van der Waals surface area contributed by atoms with E-state index in [9.17, 15) is 5.26 Å². The Kier molecular flexibility index (Phi) is 4.97. The minimum absolute atomic E-state index is 0.619. The highest BCUT2D eigenvalue weighted by atomic mass is 15.1. The van der Waals surface area contributed by atoms with Crippen LogP contribution in [0, 0.1) is 25.2 Å². The molecule has 0 aliphatic carbocycles. The molecule has 35 heavy (non-hydrogen) atoms. The zero-order chi connectivity index (χ0) is 23.9. The number of anilines is 2. The summed E-state index contributed by atoms with van der Waals surface area (Å²) in [6, 6.07) is 33.7. The fraction of sp³-hybridized carbons (Fsp3) is 0.0968. The van der Waals surface area contributed by atoms with Crippen molar-refractivity contribution >= 4 is 39.0 Å². The number of nitrogens with one attached hydrogen (secondary N) is 1. The van der Waals surface area contributed by atoms with Gasteiger partial charge in [-0.05, 0) is 65.6 Å². The first-order valence-corrected chi connectivity index (χ1v) is 11.8. The number of fused-ring (bicyclic) bond motifs is 4. The molecule has 6 aromatic rings. The van der Waals surface area contributed by atoms with E-state index in [1.807, 2.05) is 25.1 Å². The lowest BCUT2D eigenvalue weighted by Crippen LogP contribution is -2.09. The molecule has 4 heteroatoms. The molecule has 0 atom stereocenters. The second kappa shape index (κ2) is 8.30. The van der Waals surface area contributed by atoms with E-state index in [4.69, 9.17) is 4.98 Å². The van der Waals surface area contributed by atoms with Crippen LogP contribution < -0.4 is 5.32 Å². The molecule has 0 spiro atoms. The third-order valence-corrected chi connectivity index (χ3v) is 6.87. The predicted octanol–water partition coefficient (Wildman–Crippen LogP) is 7.46. The highest BCUT2D eigenvalue weighted by Gasteiger charge is 2.21. The maximum Gasteiger partial charge on any atom is 0.157 e. The molecule has 0 fully saturated rings. The number of aromatic nitrogens is 2. The van der Waals surface area contributed by atoms with E-state index >= 15 is 0 Å². The van der Waals surface area contributed by atoms with Crippen molar-refractivity contribution in [3.63, 3.8) is 0 Å². The zero-order valence-corrected chi connectivity index (χ0v) is 19.7. The standard InChI is InChI=1S/C31H24N4/c1-20-9-3-4-11-23(20)18-26-21(2)27(19-32)31-34-28-13-7-8-14-29(28)35(31)30(26)33-25-16-15-22-10-5-6-12-24(22)17-25/h3-17,33H,18H2,1-2H3. The van der Waals surface area contributed by atoms with Crippen molar-refractivity contribution in [2.24, 2.45) is 0 Å². The molecule has 0 amide bonds. The molecule has 168 valence electrons. The molecule has 2 aromatic heterocycles. The Hall–Kier alpha value is -4.62. The number of hydrogen-bond donors (Lipinski definition) is 1. The van der Waals surface area contributed by atoms with E-state index in [0.717, 1.165) is 33.7 Å². The zero-order valence-electron chi connectivity index (χ0n) is 19.7. The average Bonchev–Trinajstić information content (AvgIpc) is 3.26. The molecule has 0 unspecified atom stereocenters. The van der Waals surface area contributed by atoms with Crippen LogP contribution in [0.3, 0.4) is 0 Å². The van der Waals surface area contributed by atoms with E-state index in [1.54, 1.807) is 0 Å². The predicted molar refractivity (Wildman–Crippen MR) is 143 cm³/mol. The molecular weight excluding hydrogens is 428 g/mol. The van der Waals surface area contributed by atoms with Gasteiger partial charge in [-0.1, -0.05) is 66.7 Å². The molecule has 0 bridgehead atoms. The first kappa shape index (κ1) is 20.9. The van der Waals surface area contributed by atoms with Gasteiger partial charge in [0.2, 0.25) is 0 Å². The summed E-state index contributed by atoms with van der Waals surface area (Å²) < 4.78 is 2.11. The number of para-hydroxylation sites is 2. The van der Waals surface area contributed by atoms with E-state index in [0.29, 0.717) is 17.6 Å². The van der Waals surface area contributed by atoms with Gasteiger partial charge in [0.05, 0.1) is 16.6 Å². The maximum absolute atomic E-state index is 10.2. The highest BCUT2D eigenvalue weighted by Crippen LogP contribution is 2.35.